The monoisotopic (exact) mass is 467 g/mol. The van der Waals surface area contributed by atoms with E-state index in [-0.39, 0.29) is 23.5 Å². The summed E-state index contributed by atoms with van der Waals surface area (Å²) in [7, 11) is 4.76. The van der Waals surface area contributed by atoms with Crippen molar-refractivity contribution in [2.45, 2.75) is 18.9 Å². The molecule has 2 atom stereocenters. The number of pyridine rings is 1. The summed E-state index contributed by atoms with van der Waals surface area (Å²) in [5.41, 5.74) is 4.38. The maximum absolute atomic E-state index is 12.9. The zero-order valence-corrected chi connectivity index (χ0v) is 18.8. The first kappa shape index (κ1) is 21.9. The molecule has 1 N–H and O–H groups in total. The van der Waals surface area contributed by atoms with Crippen molar-refractivity contribution >= 4 is 11.6 Å². The van der Waals surface area contributed by atoms with Gasteiger partial charge in [0.05, 0.1) is 32.3 Å². The van der Waals surface area contributed by atoms with Crippen molar-refractivity contribution in [1.82, 2.24) is 24.5 Å². The number of fused-ring (bicyclic) bond motifs is 1. The predicted molar refractivity (Wildman–Crippen MR) is 121 cm³/mol. The van der Waals surface area contributed by atoms with Crippen LogP contribution in [-0.2, 0) is 7.05 Å². The number of amides is 1. The number of hydrogen-bond donors (Lipinski definition) is 1. The van der Waals surface area contributed by atoms with Gasteiger partial charge in [0.15, 0.2) is 0 Å². The number of ether oxygens (including phenoxy) is 2. The van der Waals surface area contributed by atoms with Gasteiger partial charge < -0.3 is 14.8 Å². The lowest BCUT2D eigenvalue weighted by molar-refractivity contribution is 0.0920. The number of halogens is 2. The largest absolute Gasteiger partial charge is 0.496 e. The lowest BCUT2D eigenvalue weighted by atomic mass is 10.1. The van der Waals surface area contributed by atoms with Crippen molar-refractivity contribution in [2.24, 2.45) is 13.0 Å². The molecule has 1 amide bonds. The van der Waals surface area contributed by atoms with Gasteiger partial charge in [-0.2, -0.15) is 5.10 Å². The molecule has 1 aliphatic carbocycles. The van der Waals surface area contributed by atoms with Crippen molar-refractivity contribution in [3.8, 4) is 33.9 Å². The summed E-state index contributed by atoms with van der Waals surface area (Å²) in [6.45, 7) is 0. The Morgan fingerprint density at radius 3 is 2.44 bits per heavy atom. The quantitative estimate of drug-likeness (QED) is 0.447. The third-order valence-corrected chi connectivity index (χ3v) is 6.06. The molecule has 0 saturated heterocycles. The maximum atomic E-state index is 12.9. The van der Waals surface area contributed by atoms with Gasteiger partial charge in [0, 0.05) is 42.5 Å². The lowest BCUT2D eigenvalue weighted by Crippen LogP contribution is -2.28. The van der Waals surface area contributed by atoms with E-state index in [0.717, 1.165) is 28.0 Å². The number of aryl methyl sites for hydroxylation is 1. The number of imidazole rings is 1. The molecule has 5 rings (SSSR count). The highest BCUT2D eigenvalue weighted by Crippen LogP contribution is 2.39. The lowest BCUT2D eigenvalue weighted by Gasteiger charge is -2.15. The van der Waals surface area contributed by atoms with E-state index in [4.69, 9.17) is 9.47 Å². The average molecular weight is 467 g/mol. The summed E-state index contributed by atoms with van der Waals surface area (Å²) >= 11 is 0. The van der Waals surface area contributed by atoms with Gasteiger partial charge in [0.1, 0.15) is 22.7 Å². The van der Waals surface area contributed by atoms with Crippen LogP contribution < -0.4 is 14.8 Å². The van der Waals surface area contributed by atoms with Crippen LogP contribution in [0.5, 0.6) is 11.5 Å². The Kier molecular flexibility index (Phi) is 5.43. The third-order valence-electron chi connectivity index (χ3n) is 6.06. The number of nitrogens with one attached hydrogen (secondary N) is 1. The highest BCUT2D eigenvalue weighted by Gasteiger charge is 2.45. The minimum atomic E-state index is -2.45. The van der Waals surface area contributed by atoms with Crippen LogP contribution in [0.25, 0.3) is 28.0 Å². The fourth-order valence-corrected chi connectivity index (χ4v) is 4.13. The molecule has 3 aromatic heterocycles. The van der Waals surface area contributed by atoms with Gasteiger partial charge in [0.25, 0.3) is 5.91 Å². The second-order valence-corrected chi connectivity index (χ2v) is 8.26. The smallest absolute Gasteiger partial charge is 0.259 e. The number of alkyl halides is 2. The first-order valence-electron chi connectivity index (χ1n) is 10.7. The molecule has 1 unspecified atom stereocenters. The van der Waals surface area contributed by atoms with Gasteiger partial charge in [-0.25, -0.2) is 13.8 Å². The van der Waals surface area contributed by atoms with Crippen molar-refractivity contribution < 1.29 is 23.0 Å². The summed E-state index contributed by atoms with van der Waals surface area (Å²) in [5, 5.41) is 6.87. The third kappa shape index (κ3) is 3.85. The molecule has 34 heavy (non-hydrogen) atoms. The zero-order chi connectivity index (χ0) is 24.0. The predicted octanol–water partition coefficient (Wildman–Crippen LogP) is 3.80. The summed E-state index contributed by atoms with van der Waals surface area (Å²) in [4.78, 5) is 17.4. The van der Waals surface area contributed by atoms with Crippen LogP contribution in [0.4, 0.5) is 8.78 Å². The highest BCUT2D eigenvalue weighted by atomic mass is 19.3. The van der Waals surface area contributed by atoms with E-state index in [9.17, 15) is 13.6 Å². The molecule has 0 radical (unpaired) electrons. The molecule has 0 aliphatic heterocycles. The molecule has 1 fully saturated rings. The minimum Gasteiger partial charge on any atom is -0.496 e. The van der Waals surface area contributed by atoms with Crippen LogP contribution in [-0.4, -0.2) is 51.8 Å². The van der Waals surface area contributed by atoms with Gasteiger partial charge >= 0.3 is 0 Å². The standard InChI is InChI=1S/C24H23F2N5O3/c1-30-12-15(10-28-30)13-4-5-31-18(11-27-21(31)8-13)14-6-19(33-2)22(20(7-14)34-3)24(32)29-17-9-16(17)23(25)26/h4-8,10-12,16-17,23H,9H2,1-3H3,(H,29,32)/t16?,17-/m0/s1. The first-order chi connectivity index (χ1) is 16.4. The molecule has 3 heterocycles. The van der Waals surface area contributed by atoms with E-state index < -0.39 is 24.3 Å². The van der Waals surface area contributed by atoms with E-state index in [0.29, 0.717) is 0 Å². The summed E-state index contributed by atoms with van der Waals surface area (Å²) in [6, 6.07) is 6.82. The Morgan fingerprint density at radius 2 is 1.85 bits per heavy atom. The van der Waals surface area contributed by atoms with Crippen molar-refractivity contribution in [1.29, 1.82) is 0 Å². The Balaban J connectivity index is 1.50. The number of methoxy groups -OCH3 is 2. The Hall–Kier alpha value is -3.95. The van der Waals surface area contributed by atoms with Gasteiger partial charge in [0.2, 0.25) is 6.43 Å². The van der Waals surface area contributed by atoms with Crippen LogP contribution >= 0.6 is 0 Å². The Labute approximate surface area is 194 Å². The number of benzene rings is 1. The molecule has 10 heteroatoms. The van der Waals surface area contributed by atoms with E-state index in [2.05, 4.69) is 15.4 Å². The summed E-state index contributed by atoms with van der Waals surface area (Å²) < 4.78 is 40.4. The van der Waals surface area contributed by atoms with Gasteiger partial charge in [-0.15, -0.1) is 0 Å². The zero-order valence-electron chi connectivity index (χ0n) is 18.8. The van der Waals surface area contributed by atoms with Crippen molar-refractivity contribution in [3.63, 3.8) is 0 Å². The molecule has 0 spiro atoms. The van der Waals surface area contributed by atoms with Crippen molar-refractivity contribution in [3.05, 3.63) is 54.6 Å². The van der Waals surface area contributed by atoms with Gasteiger partial charge in [-0.05, 0) is 36.2 Å². The fraction of sp³-hybridized carbons (Fsp3) is 0.292. The van der Waals surface area contributed by atoms with Gasteiger partial charge in [-0.1, -0.05) is 0 Å². The van der Waals surface area contributed by atoms with Crippen LogP contribution in [0.1, 0.15) is 16.8 Å². The molecule has 0 bridgehead atoms. The fourth-order valence-electron chi connectivity index (χ4n) is 4.13. The first-order valence-corrected chi connectivity index (χ1v) is 10.7. The molecule has 1 saturated carbocycles. The number of nitrogens with zero attached hydrogens (tertiary/aromatic N) is 4. The normalized spacial score (nSPS) is 17.2. The van der Waals surface area contributed by atoms with E-state index in [1.807, 2.05) is 36.0 Å². The Bertz CT molecular complexity index is 1360. The number of rotatable bonds is 7. The topological polar surface area (TPSA) is 82.7 Å². The summed E-state index contributed by atoms with van der Waals surface area (Å²) in [5.74, 6) is -0.756. The van der Waals surface area contributed by atoms with E-state index in [1.165, 1.54) is 14.2 Å². The number of carbonyl (C=O) groups excluding carboxylic acids is 1. The number of hydrogen-bond acceptors (Lipinski definition) is 5. The summed E-state index contributed by atoms with van der Waals surface area (Å²) in [6.07, 6.45) is 5.17. The minimum absolute atomic E-state index is 0.168. The van der Waals surface area contributed by atoms with E-state index >= 15 is 0 Å². The molecule has 176 valence electrons. The van der Waals surface area contributed by atoms with Crippen LogP contribution in [0.2, 0.25) is 0 Å². The SMILES string of the molecule is COc1cc(-c2cnc3cc(-c4cnn(C)c4)ccn23)cc(OC)c1C(=O)N[C@H]1CC1C(F)F. The molecule has 1 aliphatic rings. The van der Waals surface area contributed by atoms with Crippen LogP contribution in [0.15, 0.2) is 49.1 Å². The second kappa shape index (κ2) is 8.44. The molecular formula is C24H23F2N5O3. The molecule has 8 nitrogen and oxygen atoms in total. The van der Waals surface area contributed by atoms with Crippen molar-refractivity contribution in [2.75, 3.05) is 14.2 Å². The molecule has 4 aromatic rings. The highest BCUT2D eigenvalue weighted by molar-refractivity contribution is 6.01. The van der Waals surface area contributed by atoms with Crippen LogP contribution in [0.3, 0.4) is 0 Å². The van der Waals surface area contributed by atoms with E-state index in [1.54, 1.807) is 29.2 Å². The molecular weight excluding hydrogens is 444 g/mol. The number of aromatic nitrogens is 4. The maximum Gasteiger partial charge on any atom is 0.259 e. The van der Waals surface area contributed by atoms with Crippen LogP contribution in [0, 0.1) is 5.92 Å². The number of carbonyl (C=O) groups is 1. The van der Waals surface area contributed by atoms with Gasteiger partial charge in [-0.3, -0.25) is 13.9 Å². The Morgan fingerprint density at radius 1 is 1.12 bits per heavy atom. The average Bonchev–Trinajstić information content (AvgIpc) is 3.26. The second-order valence-electron chi connectivity index (χ2n) is 8.26. The molecule has 1 aromatic carbocycles.